The van der Waals surface area contributed by atoms with Crippen LogP contribution in [0.5, 0.6) is 0 Å². The van der Waals surface area contributed by atoms with Crippen LogP contribution in [0.25, 0.3) is 27.9 Å². The maximum absolute atomic E-state index is 4.52. The van der Waals surface area contributed by atoms with E-state index in [1.807, 2.05) is 18.5 Å². The van der Waals surface area contributed by atoms with Crippen LogP contribution in [0.2, 0.25) is 0 Å². The molecule has 2 heteroatoms. The van der Waals surface area contributed by atoms with Crippen molar-refractivity contribution in [3.8, 4) is 0 Å². The van der Waals surface area contributed by atoms with Crippen molar-refractivity contribution in [3.63, 3.8) is 0 Å². The van der Waals surface area contributed by atoms with E-state index >= 15 is 0 Å². The van der Waals surface area contributed by atoms with Gasteiger partial charge in [0.25, 0.3) is 0 Å². The highest BCUT2D eigenvalue weighted by atomic mass is 14.7. The number of hydrogen-bond donors (Lipinski definition) is 0. The number of hydrogen-bond acceptors (Lipinski definition) is 2. The van der Waals surface area contributed by atoms with Gasteiger partial charge in [0.15, 0.2) is 0 Å². The van der Waals surface area contributed by atoms with Crippen LogP contribution in [0.1, 0.15) is 18.4 Å². The average Bonchev–Trinajstić information content (AvgIpc) is 3.29. The molecule has 19 heavy (non-hydrogen) atoms. The first kappa shape index (κ1) is 10.7. The van der Waals surface area contributed by atoms with E-state index in [1.165, 1.54) is 29.2 Å². The first-order valence-corrected chi connectivity index (χ1v) is 6.72. The van der Waals surface area contributed by atoms with Crippen LogP contribution in [0.4, 0.5) is 0 Å². The predicted octanol–water partition coefficient (Wildman–Crippen LogP) is 4.21. The van der Waals surface area contributed by atoms with E-state index in [2.05, 4.69) is 46.4 Å². The maximum atomic E-state index is 4.52. The normalized spacial score (nSPS) is 15.6. The summed E-state index contributed by atoms with van der Waals surface area (Å²) >= 11 is 0. The van der Waals surface area contributed by atoms with Crippen molar-refractivity contribution in [2.75, 3.05) is 0 Å². The molecule has 0 saturated heterocycles. The van der Waals surface area contributed by atoms with E-state index in [0.717, 1.165) is 17.0 Å². The van der Waals surface area contributed by atoms with Crippen molar-refractivity contribution < 1.29 is 0 Å². The molecular formula is C17H14N2. The second-order valence-electron chi connectivity index (χ2n) is 5.17. The third kappa shape index (κ3) is 1.99. The molecule has 3 aromatic rings. The molecule has 92 valence electrons. The van der Waals surface area contributed by atoms with Gasteiger partial charge in [-0.15, -0.1) is 0 Å². The van der Waals surface area contributed by atoms with Crippen molar-refractivity contribution in [2.45, 2.75) is 12.8 Å². The Morgan fingerprint density at radius 2 is 1.89 bits per heavy atom. The van der Waals surface area contributed by atoms with Gasteiger partial charge in [0.05, 0.1) is 17.2 Å². The Balaban J connectivity index is 1.87. The van der Waals surface area contributed by atoms with Crippen molar-refractivity contribution in [3.05, 3.63) is 54.4 Å². The Labute approximate surface area is 111 Å². The molecule has 2 aromatic heterocycles. The van der Waals surface area contributed by atoms with Crippen molar-refractivity contribution in [1.82, 2.24) is 9.97 Å². The summed E-state index contributed by atoms with van der Waals surface area (Å²) in [6.07, 6.45) is 10.9. The van der Waals surface area contributed by atoms with Crippen LogP contribution in [0.3, 0.4) is 0 Å². The average molecular weight is 246 g/mol. The first-order valence-electron chi connectivity index (χ1n) is 6.72. The highest BCUT2D eigenvalue weighted by Crippen LogP contribution is 2.31. The fourth-order valence-corrected chi connectivity index (χ4v) is 2.40. The minimum absolute atomic E-state index is 0.810. The first-order chi connectivity index (χ1) is 9.40. The molecule has 0 radical (unpaired) electrons. The third-order valence-electron chi connectivity index (χ3n) is 3.66. The second-order valence-corrected chi connectivity index (χ2v) is 5.17. The highest BCUT2D eigenvalue weighted by molar-refractivity contribution is 6.04. The third-order valence-corrected chi connectivity index (χ3v) is 3.66. The van der Waals surface area contributed by atoms with Gasteiger partial charge in [-0.05, 0) is 36.5 Å². The Hall–Kier alpha value is -2.22. The number of nitrogens with zero attached hydrogens (tertiary/aromatic N) is 2. The minimum Gasteiger partial charge on any atom is -0.255 e. The molecule has 0 amide bonds. The number of aromatic nitrogens is 2. The number of rotatable bonds is 2. The van der Waals surface area contributed by atoms with Gasteiger partial charge in [-0.2, -0.15) is 0 Å². The molecule has 0 aliphatic heterocycles. The van der Waals surface area contributed by atoms with Crippen LogP contribution < -0.4 is 0 Å². The van der Waals surface area contributed by atoms with Crippen LogP contribution in [-0.2, 0) is 0 Å². The monoisotopic (exact) mass is 246 g/mol. The lowest BCUT2D eigenvalue weighted by atomic mass is 10.1. The molecular weight excluding hydrogens is 232 g/mol. The zero-order valence-electron chi connectivity index (χ0n) is 10.6. The van der Waals surface area contributed by atoms with Gasteiger partial charge in [-0.1, -0.05) is 30.4 Å². The van der Waals surface area contributed by atoms with E-state index in [1.54, 1.807) is 0 Å². The summed E-state index contributed by atoms with van der Waals surface area (Å²) in [6.45, 7) is 0. The molecule has 1 fully saturated rings. The Morgan fingerprint density at radius 1 is 1.00 bits per heavy atom. The van der Waals surface area contributed by atoms with Crippen LogP contribution in [-0.4, -0.2) is 9.97 Å². The van der Waals surface area contributed by atoms with Gasteiger partial charge in [-0.25, -0.2) is 0 Å². The van der Waals surface area contributed by atoms with Gasteiger partial charge < -0.3 is 0 Å². The largest absolute Gasteiger partial charge is 0.255 e. The van der Waals surface area contributed by atoms with E-state index in [0.29, 0.717) is 0 Å². The molecule has 1 aliphatic rings. The summed E-state index contributed by atoms with van der Waals surface area (Å²) in [5.74, 6) is 0.810. The van der Waals surface area contributed by atoms with Gasteiger partial charge in [0, 0.05) is 17.0 Å². The summed E-state index contributed by atoms with van der Waals surface area (Å²) in [6, 6.07) is 10.5. The van der Waals surface area contributed by atoms with Gasteiger partial charge in [0.1, 0.15) is 0 Å². The molecule has 0 unspecified atom stereocenters. The summed E-state index contributed by atoms with van der Waals surface area (Å²) in [5, 5.41) is 2.35. The molecule has 2 nitrogen and oxygen atoms in total. The molecule has 0 spiro atoms. The van der Waals surface area contributed by atoms with Gasteiger partial charge in [-0.3, -0.25) is 9.97 Å². The standard InChI is InChI=1S/C17H14N2/c1-2-14-15-8-7-13(6-5-12-3-4-12)10-16(15)19-11-17(14)18-9-1/h1-2,5-12H,3-4H2/b6-5+. The van der Waals surface area contributed by atoms with Crippen LogP contribution >= 0.6 is 0 Å². The smallest absolute Gasteiger partial charge is 0.0891 e. The quantitative estimate of drug-likeness (QED) is 0.633. The molecule has 2 heterocycles. The topological polar surface area (TPSA) is 25.8 Å². The Kier molecular flexibility index (Phi) is 2.34. The van der Waals surface area contributed by atoms with E-state index in [9.17, 15) is 0 Å². The molecule has 4 rings (SSSR count). The summed E-state index contributed by atoms with van der Waals surface area (Å²) in [4.78, 5) is 8.86. The number of fused-ring (bicyclic) bond motifs is 3. The summed E-state index contributed by atoms with van der Waals surface area (Å²) < 4.78 is 0. The Bertz CT molecular complexity index is 785. The number of pyridine rings is 2. The maximum Gasteiger partial charge on any atom is 0.0891 e. The highest BCUT2D eigenvalue weighted by Gasteiger charge is 2.16. The van der Waals surface area contributed by atoms with Crippen molar-refractivity contribution >= 4 is 27.9 Å². The van der Waals surface area contributed by atoms with Gasteiger partial charge >= 0.3 is 0 Å². The number of benzene rings is 1. The fourth-order valence-electron chi connectivity index (χ4n) is 2.40. The second kappa shape index (κ2) is 4.16. The minimum atomic E-state index is 0.810. The lowest BCUT2D eigenvalue weighted by Gasteiger charge is -2.03. The molecule has 1 aliphatic carbocycles. The van der Waals surface area contributed by atoms with E-state index in [-0.39, 0.29) is 0 Å². The van der Waals surface area contributed by atoms with E-state index in [4.69, 9.17) is 0 Å². The lowest BCUT2D eigenvalue weighted by Crippen LogP contribution is -1.85. The predicted molar refractivity (Wildman–Crippen MR) is 78.8 cm³/mol. The fraction of sp³-hybridized carbons (Fsp3) is 0.176. The van der Waals surface area contributed by atoms with Crippen molar-refractivity contribution in [1.29, 1.82) is 0 Å². The summed E-state index contributed by atoms with van der Waals surface area (Å²) in [5.41, 5.74) is 3.23. The van der Waals surface area contributed by atoms with Crippen LogP contribution in [0.15, 0.2) is 48.8 Å². The molecule has 0 bridgehead atoms. The van der Waals surface area contributed by atoms with E-state index < -0.39 is 0 Å². The van der Waals surface area contributed by atoms with Crippen LogP contribution in [0, 0.1) is 5.92 Å². The molecule has 1 aromatic carbocycles. The molecule has 0 atom stereocenters. The number of allylic oxidation sites excluding steroid dienone is 1. The molecule has 0 N–H and O–H groups in total. The van der Waals surface area contributed by atoms with Gasteiger partial charge in [0.2, 0.25) is 0 Å². The lowest BCUT2D eigenvalue weighted by molar-refractivity contribution is 1.13. The zero-order valence-corrected chi connectivity index (χ0v) is 10.6. The molecule has 1 saturated carbocycles. The SMILES string of the molecule is C(=C\C1CC1)/c1ccc2c(c1)ncc1ncccc12. The van der Waals surface area contributed by atoms with Crippen molar-refractivity contribution in [2.24, 2.45) is 5.92 Å². The summed E-state index contributed by atoms with van der Waals surface area (Å²) in [7, 11) is 0. The Morgan fingerprint density at radius 3 is 2.79 bits per heavy atom. The zero-order chi connectivity index (χ0) is 12.7.